The highest BCUT2D eigenvalue weighted by molar-refractivity contribution is 8.01. The van der Waals surface area contributed by atoms with Crippen molar-refractivity contribution in [1.29, 1.82) is 0 Å². The van der Waals surface area contributed by atoms with E-state index in [1.54, 1.807) is 19.2 Å². The first-order valence-electron chi connectivity index (χ1n) is 11.1. The number of aliphatic carboxylic acids is 1. The Hall–Kier alpha value is -2.34. The molecule has 3 saturated carbocycles. The summed E-state index contributed by atoms with van der Waals surface area (Å²) in [4.78, 5) is 49.3. The second-order valence-electron chi connectivity index (χ2n) is 9.82. The van der Waals surface area contributed by atoms with Gasteiger partial charge in [0.25, 0.3) is 5.91 Å². The molecular weight excluding hydrogens is 466 g/mol. The Morgan fingerprint density at radius 3 is 2.55 bits per heavy atom. The number of hydrogen-bond donors (Lipinski definition) is 3. The van der Waals surface area contributed by atoms with Gasteiger partial charge < -0.3 is 25.9 Å². The number of rotatable bonds is 6. The number of nitrogens with two attached hydrogens (primary N) is 1. The molecular formula is C21H27N5O5S2. The number of nitrogens with one attached hydrogen (secondary N) is 1. The van der Waals surface area contributed by atoms with Gasteiger partial charge in [0.2, 0.25) is 5.91 Å². The van der Waals surface area contributed by atoms with Crippen LogP contribution < -0.4 is 11.1 Å². The second-order valence-corrected chi connectivity index (χ2v) is 12.5. The van der Waals surface area contributed by atoms with Gasteiger partial charge in [0.1, 0.15) is 28.8 Å². The third-order valence-electron chi connectivity index (χ3n) is 7.30. The lowest BCUT2D eigenvalue weighted by molar-refractivity contribution is -0.160. The summed E-state index contributed by atoms with van der Waals surface area (Å²) >= 11 is 2.56. The molecule has 1 aromatic heterocycles. The van der Waals surface area contributed by atoms with E-state index >= 15 is 0 Å². The lowest BCUT2D eigenvalue weighted by Gasteiger charge is -2.44. The molecule has 1 aromatic rings. The molecule has 10 nitrogen and oxygen atoms in total. The number of carbonyl (C=O) groups is 3. The van der Waals surface area contributed by atoms with Crippen LogP contribution in [0.5, 0.6) is 0 Å². The predicted molar refractivity (Wildman–Crippen MR) is 124 cm³/mol. The first-order chi connectivity index (χ1) is 15.6. The Morgan fingerprint density at radius 1 is 1.30 bits per heavy atom. The van der Waals surface area contributed by atoms with E-state index in [0.29, 0.717) is 10.8 Å². The van der Waals surface area contributed by atoms with Gasteiger partial charge in [-0.25, -0.2) is 9.78 Å². The van der Waals surface area contributed by atoms with Gasteiger partial charge in [0.15, 0.2) is 10.8 Å². The molecule has 2 saturated heterocycles. The average molecular weight is 494 g/mol. The summed E-state index contributed by atoms with van der Waals surface area (Å²) in [6.45, 7) is 3.58. The number of nitrogens with zero attached hydrogens (tertiary/aromatic N) is 3. The first-order valence-corrected chi connectivity index (χ1v) is 12.9. The van der Waals surface area contributed by atoms with E-state index in [1.165, 1.54) is 28.0 Å². The number of β-lactam (4-membered cyclic amide) rings is 1. The van der Waals surface area contributed by atoms with Gasteiger partial charge in [-0.1, -0.05) is 5.16 Å². The fourth-order valence-corrected chi connectivity index (χ4v) is 7.62. The molecule has 33 heavy (non-hydrogen) atoms. The number of hydrogen-bond acceptors (Lipinski definition) is 9. The molecule has 6 rings (SSSR count). The maximum absolute atomic E-state index is 13.2. The van der Waals surface area contributed by atoms with Crippen molar-refractivity contribution in [1.82, 2.24) is 15.2 Å². The molecule has 12 heteroatoms. The zero-order valence-electron chi connectivity index (χ0n) is 18.4. The van der Waals surface area contributed by atoms with Crippen molar-refractivity contribution in [2.75, 3.05) is 5.73 Å². The van der Waals surface area contributed by atoms with Crippen LogP contribution in [0.25, 0.3) is 0 Å². The van der Waals surface area contributed by atoms with Crippen molar-refractivity contribution in [2.24, 2.45) is 11.1 Å². The van der Waals surface area contributed by atoms with Gasteiger partial charge in [0, 0.05) is 10.1 Å². The number of fused-ring (bicyclic) bond motifs is 4. The summed E-state index contributed by atoms with van der Waals surface area (Å²) in [5.41, 5.74) is 5.70. The highest BCUT2D eigenvalue weighted by Gasteiger charge is 2.64. The maximum atomic E-state index is 13.2. The number of amides is 2. The molecule has 3 heterocycles. The van der Waals surface area contributed by atoms with Crippen molar-refractivity contribution in [3.63, 3.8) is 0 Å². The fraction of sp³-hybridized carbons (Fsp3) is 0.667. The standard InChI is InChI=1S/C21H27N5O5S2/c1-20(2)14(18(29)30)26-16(28)13(17(26)33-20)24-15(27)12(11-9-32-19(22)23-11)25-31-21-6-3-10(4-7-21)5-8-21/h9-10,13-14,17H,3-8H2,1-2H3,(H2,22,23)(H,24,27)(H,29,30)/t10?,13-,14+,17-,21?/m1/s1. The largest absolute Gasteiger partial charge is 0.480 e. The van der Waals surface area contributed by atoms with E-state index < -0.39 is 40.0 Å². The summed E-state index contributed by atoms with van der Waals surface area (Å²) in [6, 6.07) is -1.78. The van der Waals surface area contributed by atoms with Crippen molar-refractivity contribution in [2.45, 2.75) is 80.2 Å². The van der Waals surface area contributed by atoms with E-state index in [-0.39, 0.29) is 11.3 Å². The second kappa shape index (κ2) is 7.86. The molecule has 2 amide bonds. The minimum Gasteiger partial charge on any atom is -0.480 e. The minimum absolute atomic E-state index is 0.0201. The molecule has 0 spiro atoms. The summed E-state index contributed by atoms with van der Waals surface area (Å²) in [5, 5.41) is 18.1. The van der Waals surface area contributed by atoms with Crippen molar-refractivity contribution < 1.29 is 24.3 Å². The Labute approximate surface area is 199 Å². The number of oxime groups is 1. The van der Waals surface area contributed by atoms with Gasteiger partial charge >= 0.3 is 5.97 Å². The number of carboxylic acid groups (broad SMARTS) is 1. The topological polar surface area (TPSA) is 147 Å². The van der Waals surface area contributed by atoms with Gasteiger partial charge in [-0.3, -0.25) is 9.59 Å². The molecule has 0 unspecified atom stereocenters. The molecule has 3 atom stereocenters. The van der Waals surface area contributed by atoms with E-state index in [2.05, 4.69) is 15.5 Å². The van der Waals surface area contributed by atoms with E-state index in [4.69, 9.17) is 10.6 Å². The van der Waals surface area contributed by atoms with Gasteiger partial charge in [-0.15, -0.1) is 23.1 Å². The maximum Gasteiger partial charge on any atom is 0.327 e. The highest BCUT2D eigenvalue weighted by Crippen LogP contribution is 2.51. The summed E-state index contributed by atoms with van der Waals surface area (Å²) < 4.78 is -0.673. The molecule has 2 bridgehead atoms. The summed E-state index contributed by atoms with van der Waals surface area (Å²) in [6.07, 6.45) is 6.05. The Morgan fingerprint density at radius 2 is 1.97 bits per heavy atom. The summed E-state index contributed by atoms with van der Waals surface area (Å²) in [7, 11) is 0. The smallest absolute Gasteiger partial charge is 0.327 e. The Bertz CT molecular complexity index is 1020. The van der Waals surface area contributed by atoms with E-state index in [1.807, 2.05) is 0 Å². The predicted octanol–water partition coefficient (Wildman–Crippen LogP) is 1.80. The molecule has 2 aliphatic heterocycles. The minimum atomic E-state index is -1.05. The normalized spacial score (nSPS) is 34.5. The number of thioether (sulfide) groups is 1. The van der Waals surface area contributed by atoms with Crippen LogP contribution >= 0.6 is 23.1 Å². The lowest BCUT2D eigenvalue weighted by Crippen LogP contribution is -2.71. The third kappa shape index (κ3) is 3.76. The zero-order chi connectivity index (χ0) is 23.5. The number of nitrogen functional groups attached to an aromatic ring is 1. The van der Waals surface area contributed by atoms with Crippen LogP contribution in [0.2, 0.25) is 0 Å². The van der Waals surface area contributed by atoms with Crippen LogP contribution in [-0.2, 0) is 19.2 Å². The molecule has 0 aromatic carbocycles. The van der Waals surface area contributed by atoms with Gasteiger partial charge in [-0.2, -0.15) is 0 Å². The highest BCUT2D eigenvalue weighted by atomic mass is 32.2. The number of thiazole rings is 1. The van der Waals surface area contributed by atoms with Crippen molar-refractivity contribution >= 4 is 51.7 Å². The van der Waals surface area contributed by atoms with Gasteiger partial charge in [-0.05, 0) is 58.3 Å². The number of aromatic nitrogens is 1. The van der Waals surface area contributed by atoms with Crippen molar-refractivity contribution in [3.8, 4) is 0 Å². The van der Waals surface area contributed by atoms with Crippen LogP contribution in [0.3, 0.4) is 0 Å². The van der Waals surface area contributed by atoms with Crippen LogP contribution in [0.4, 0.5) is 5.13 Å². The van der Waals surface area contributed by atoms with E-state index in [9.17, 15) is 19.5 Å². The molecule has 5 aliphatic rings. The third-order valence-corrected chi connectivity index (χ3v) is 9.54. The quantitative estimate of drug-likeness (QED) is 0.309. The van der Waals surface area contributed by atoms with Crippen LogP contribution in [0.1, 0.15) is 58.1 Å². The molecule has 0 radical (unpaired) electrons. The van der Waals surface area contributed by atoms with Crippen molar-refractivity contribution in [3.05, 3.63) is 11.1 Å². The van der Waals surface area contributed by atoms with E-state index in [0.717, 1.165) is 44.4 Å². The molecule has 5 fully saturated rings. The van der Waals surface area contributed by atoms with Gasteiger partial charge in [0.05, 0.1) is 0 Å². The lowest BCUT2D eigenvalue weighted by atomic mass is 9.68. The van der Waals surface area contributed by atoms with Crippen LogP contribution in [-0.4, -0.2) is 66.3 Å². The monoisotopic (exact) mass is 493 g/mol. The van der Waals surface area contributed by atoms with Crippen LogP contribution in [0, 0.1) is 5.92 Å². The Balaban J connectivity index is 1.35. The molecule has 178 valence electrons. The number of carboxylic acids is 1. The average Bonchev–Trinajstić information content (AvgIpc) is 3.31. The molecule has 4 N–H and O–H groups in total. The number of carbonyl (C=O) groups excluding carboxylic acids is 2. The zero-order valence-corrected chi connectivity index (χ0v) is 20.1. The Kier molecular flexibility index (Phi) is 5.35. The number of anilines is 1. The van der Waals surface area contributed by atoms with Crippen LogP contribution in [0.15, 0.2) is 10.5 Å². The SMILES string of the molecule is CC1(C)S[C@@H]2[C@H](NC(=O)C(=NOC34CCC(CC3)CC4)c3csc(N)n3)C(=O)N2[C@H]1C(=O)O. The summed E-state index contributed by atoms with van der Waals surface area (Å²) in [5.74, 6) is -1.29. The fourth-order valence-electron chi connectivity index (χ4n) is 5.44. The molecule has 3 aliphatic carbocycles. The first kappa shape index (κ1) is 22.5.